The second kappa shape index (κ2) is 12.0. The van der Waals surface area contributed by atoms with Gasteiger partial charge in [-0.15, -0.1) is 12.4 Å². The van der Waals surface area contributed by atoms with Gasteiger partial charge in [-0.1, -0.05) is 35.6 Å². The van der Waals surface area contributed by atoms with E-state index in [4.69, 9.17) is 4.98 Å². The topological polar surface area (TPSA) is 73.8 Å². The van der Waals surface area contributed by atoms with Crippen molar-refractivity contribution in [1.29, 1.82) is 0 Å². The minimum Gasteiger partial charge on any atom is -0.308 e. The number of fused-ring (bicyclic) bond motifs is 1. The summed E-state index contributed by atoms with van der Waals surface area (Å²) in [4.78, 5) is 22.1. The Kier molecular flexibility index (Phi) is 9.31. The van der Waals surface area contributed by atoms with Crippen molar-refractivity contribution in [2.24, 2.45) is 0 Å². The molecule has 0 unspecified atom stereocenters. The first-order valence-corrected chi connectivity index (χ1v) is 14.0. The molecule has 0 saturated heterocycles. The molecule has 0 saturated carbocycles. The first kappa shape index (κ1) is 28.6. The Hall–Kier alpha value is -2.98. The van der Waals surface area contributed by atoms with E-state index >= 15 is 0 Å². The molecule has 1 amide bonds. The molecule has 0 fully saturated rings. The molecule has 0 aliphatic carbocycles. The molecule has 1 aromatic heterocycles. The highest BCUT2D eigenvalue weighted by Crippen LogP contribution is 2.31. The first-order valence-electron chi connectivity index (χ1n) is 11.7. The molecule has 0 atom stereocenters. The van der Waals surface area contributed by atoms with Crippen molar-refractivity contribution in [3.05, 3.63) is 83.9 Å². The van der Waals surface area contributed by atoms with E-state index in [0.717, 1.165) is 15.8 Å². The number of benzene rings is 3. The number of thiazole rings is 1. The highest BCUT2D eigenvalue weighted by atomic mass is 35.5. The maximum absolute atomic E-state index is 13.6. The van der Waals surface area contributed by atoms with Gasteiger partial charge in [-0.05, 0) is 82.0 Å². The number of likely N-dealkylation sites (N-methyl/N-ethyl adjacent to an activating group) is 1. The summed E-state index contributed by atoms with van der Waals surface area (Å²) < 4.78 is 29.0. The second-order valence-electron chi connectivity index (χ2n) is 8.76. The van der Waals surface area contributed by atoms with Gasteiger partial charge in [0.2, 0.25) is 0 Å². The zero-order valence-corrected chi connectivity index (χ0v) is 23.7. The van der Waals surface area contributed by atoms with Crippen LogP contribution in [-0.2, 0) is 10.0 Å². The highest BCUT2D eigenvalue weighted by molar-refractivity contribution is 7.92. The van der Waals surface area contributed by atoms with E-state index in [1.807, 2.05) is 44.1 Å². The van der Waals surface area contributed by atoms with E-state index in [0.29, 0.717) is 36.0 Å². The van der Waals surface area contributed by atoms with Gasteiger partial charge in [0.15, 0.2) is 5.13 Å². The Morgan fingerprint density at radius 2 is 1.62 bits per heavy atom. The van der Waals surface area contributed by atoms with Gasteiger partial charge in [0.25, 0.3) is 15.9 Å². The van der Waals surface area contributed by atoms with Crippen molar-refractivity contribution in [3.63, 3.8) is 0 Å². The number of carbonyl (C=O) groups excluding carboxylic acids is 1. The molecule has 3 aromatic carbocycles. The molecule has 0 N–H and O–H groups in total. The Morgan fingerprint density at radius 3 is 2.24 bits per heavy atom. The molecular weight excluding hydrogens is 528 g/mol. The lowest BCUT2D eigenvalue weighted by Gasteiger charge is -2.24. The standard InChI is InChI=1S/C27H30N4O3S2.ClH/c1-5-31(22-9-7-6-8-10-22)36(33,34)23-14-12-21(13-15-23)26(32)30(18-17-29(3)4)27-28-24-16-11-20(2)19-25(24)35-27;/h6-16,19H,5,17-18H2,1-4H3;1H. The number of amides is 1. The fraction of sp³-hybridized carbons (Fsp3) is 0.259. The summed E-state index contributed by atoms with van der Waals surface area (Å²) in [5.41, 5.74) is 2.99. The number of aromatic nitrogens is 1. The molecule has 4 rings (SSSR count). The molecule has 37 heavy (non-hydrogen) atoms. The normalized spacial score (nSPS) is 11.4. The summed E-state index contributed by atoms with van der Waals surface area (Å²) >= 11 is 1.48. The highest BCUT2D eigenvalue weighted by Gasteiger charge is 2.25. The Morgan fingerprint density at radius 1 is 0.946 bits per heavy atom. The number of nitrogens with zero attached hydrogens (tertiary/aromatic N) is 4. The number of hydrogen-bond acceptors (Lipinski definition) is 6. The lowest BCUT2D eigenvalue weighted by Crippen LogP contribution is -2.36. The Balaban J connectivity index is 0.00000380. The zero-order valence-electron chi connectivity index (χ0n) is 21.3. The van der Waals surface area contributed by atoms with Crippen LogP contribution in [0.5, 0.6) is 0 Å². The lowest BCUT2D eigenvalue weighted by atomic mass is 10.2. The number of hydrogen-bond donors (Lipinski definition) is 0. The molecule has 7 nitrogen and oxygen atoms in total. The molecule has 196 valence electrons. The number of aryl methyl sites for hydroxylation is 1. The van der Waals surface area contributed by atoms with Gasteiger partial charge in [0.05, 0.1) is 20.8 Å². The van der Waals surface area contributed by atoms with Gasteiger partial charge in [0, 0.05) is 25.2 Å². The van der Waals surface area contributed by atoms with Crippen LogP contribution < -0.4 is 9.21 Å². The Labute approximate surface area is 228 Å². The van der Waals surface area contributed by atoms with E-state index in [1.165, 1.54) is 27.8 Å². The van der Waals surface area contributed by atoms with Gasteiger partial charge >= 0.3 is 0 Å². The van der Waals surface area contributed by atoms with E-state index in [2.05, 4.69) is 6.07 Å². The minimum absolute atomic E-state index is 0. The average Bonchev–Trinajstić information content (AvgIpc) is 3.27. The third kappa shape index (κ3) is 6.30. The summed E-state index contributed by atoms with van der Waals surface area (Å²) in [5, 5.41) is 0.625. The summed E-state index contributed by atoms with van der Waals surface area (Å²) in [6.07, 6.45) is 0. The van der Waals surface area contributed by atoms with Crippen LogP contribution in [0.15, 0.2) is 77.7 Å². The van der Waals surface area contributed by atoms with Crippen molar-refractivity contribution in [3.8, 4) is 0 Å². The van der Waals surface area contributed by atoms with E-state index in [1.54, 1.807) is 48.2 Å². The Bertz CT molecular complexity index is 1460. The van der Waals surface area contributed by atoms with Gasteiger partial charge < -0.3 is 4.90 Å². The molecule has 0 bridgehead atoms. The number of rotatable bonds is 9. The molecule has 4 aromatic rings. The van der Waals surface area contributed by atoms with Crippen LogP contribution in [0.4, 0.5) is 10.8 Å². The fourth-order valence-corrected chi connectivity index (χ4v) is 6.42. The quantitative estimate of drug-likeness (QED) is 0.273. The number of anilines is 2. The number of halogens is 1. The summed E-state index contributed by atoms with van der Waals surface area (Å²) in [7, 11) is 0.139. The summed E-state index contributed by atoms with van der Waals surface area (Å²) in [6, 6.07) is 21.2. The van der Waals surface area contributed by atoms with Gasteiger partial charge in [-0.25, -0.2) is 13.4 Å². The molecule has 0 aliphatic heterocycles. The lowest BCUT2D eigenvalue weighted by molar-refractivity contribution is 0.0985. The maximum Gasteiger partial charge on any atom is 0.264 e. The smallest absolute Gasteiger partial charge is 0.264 e. The van der Waals surface area contributed by atoms with Crippen LogP contribution in [0.2, 0.25) is 0 Å². The molecule has 10 heteroatoms. The third-order valence-corrected chi connectivity index (χ3v) is 8.76. The van der Waals surface area contributed by atoms with Crippen molar-refractivity contribution in [2.45, 2.75) is 18.7 Å². The van der Waals surface area contributed by atoms with Crippen LogP contribution in [0, 0.1) is 6.92 Å². The molecular formula is C27H31ClN4O3S2. The van der Waals surface area contributed by atoms with Crippen LogP contribution in [0.25, 0.3) is 10.2 Å². The minimum atomic E-state index is -3.77. The predicted octanol–water partition coefficient (Wildman–Crippen LogP) is 5.45. The molecule has 0 aliphatic rings. The number of carbonyl (C=O) groups is 1. The van der Waals surface area contributed by atoms with E-state index in [9.17, 15) is 13.2 Å². The van der Waals surface area contributed by atoms with Gasteiger partial charge in [-0.2, -0.15) is 0 Å². The second-order valence-corrected chi connectivity index (χ2v) is 11.6. The molecule has 1 heterocycles. The average molecular weight is 559 g/mol. The number of para-hydroxylation sites is 1. The number of sulfonamides is 1. The van der Waals surface area contributed by atoms with Crippen molar-refractivity contribution in [2.75, 3.05) is 42.9 Å². The molecule has 0 spiro atoms. The van der Waals surface area contributed by atoms with Crippen LogP contribution >= 0.6 is 23.7 Å². The SMILES string of the molecule is CCN(c1ccccc1)S(=O)(=O)c1ccc(C(=O)N(CCN(C)C)c2nc3ccc(C)cc3s2)cc1.Cl. The first-order chi connectivity index (χ1) is 17.2. The predicted molar refractivity (Wildman–Crippen MR) is 155 cm³/mol. The van der Waals surface area contributed by atoms with Gasteiger partial charge in [-0.3, -0.25) is 14.0 Å². The van der Waals surface area contributed by atoms with E-state index in [-0.39, 0.29) is 23.2 Å². The van der Waals surface area contributed by atoms with E-state index < -0.39 is 10.0 Å². The van der Waals surface area contributed by atoms with Crippen molar-refractivity contribution >= 4 is 60.7 Å². The van der Waals surface area contributed by atoms with Crippen molar-refractivity contribution in [1.82, 2.24) is 9.88 Å². The summed E-state index contributed by atoms with van der Waals surface area (Å²) in [5.74, 6) is -0.216. The van der Waals surface area contributed by atoms with Crippen molar-refractivity contribution < 1.29 is 13.2 Å². The summed E-state index contributed by atoms with van der Waals surface area (Å²) in [6.45, 7) is 5.24. The maximum atomic E-state index is 13.6. The van der Waals surface area contributed by atoms with Gasteiger partial charge in [0.1, 0.15) is 0 Å². The van der Waals surface area contributed by atoms with Crippen LogP contribution in [-0.4, -0.2) is 57.9 Å². The zero-order chi connectivity index (χ0) is 25.9. The van der Waals surface area contributed by atoms with Crippen LogP contribution in [0.1, 0.15) is 22.8 Å². The monoisotopic (exact) mass is 558 g/mol. The van der Waals surface area contributed by atoms with Crippen LogP contribution in [0.3, 0.4) is 0 Å². The fourth-order valence-electron chi connectivity index (χ4n) is 3.86. The largest absolute Gasteiger partial charge is 0.308 e. The third-order valence-electron chi connectivity index (χ3n) is 5.80. The molecule has 0 radical (unpaired) electrons.